The van der Waals surface area contributed by atoms with Gasteiger partial charge in [0.2, 0.25) is 0 Å². The minimum Gasteiger partial charge on any atom is -0.393 e. The van der Waals surface area contributed by atoms with Crippen LogP contribution in [0, 0.1) is 40.4 Å². The lowest BCUT2D eigenvalue weighted by Crippen LogP contribution is -2.53. The Kier molecular flexibility index (Phi) is 3.55. The van der Waals surface area contributed by atoms with Crippen molar-refractivity contribution in [2.24, 2.45) is 40.4 Å². The molecule has 24 heavy (non-hydrogen) atoms. The third-order valence-electron chi connectivity index (χ3n) is 10.1. The lowest BCUT2D eigenvalue weighted by molar-refractivity contribution is -0.126. The van der Waals surface area contributed by atoms with Crippen molar-refractivity contribution in [1.29, 1.82) is 0 Å². The summed E-state index contributed by atoms with van der Waals surface area (Å²) >= 11 is 0. The van der Waals surface area contributed by atoms with E-state index >= 15 is 0 Å². The molecule has 5 aliphatic rings. The first kappa shape index (κ1) is 15.9. The summed E-state index contributed by atoms with van der Waals surface area (Å²) in [5.74, 6) is 4.77. The zero-order chi connectivity index (χ0) is 16.5. The summed E-state index contributed by atoms with van der Waals surface area (Å²) in [7, 11) is 0. The monoisotopic (exact) mass is 328 g/mol. The van der Waals surface area contributed by atoms with Crippen LogP contribution in [-0.4, -0.2) is 11.2 Å². The maximum absolute atomic E-state index is 10.2. The standard InChI is InChI=1S/C23H36O/c1-3-15-8-12-23-13-10-20-18(21(23)7-6-19(15)23)5-4-16-14-17(24)9-11-22(16,20)2/h3,16-21,24H,4-14H2,1-2H3/b15-3+/t16-,17+,18?,19+,20?,21?,22-,23+/m0/s1. The molecular weight excluding hydrogens is 292 g/mol. The van der Waals surface area contributed by atoms with Crippen LogP contribution in [0.2, 0.25) is 0 Å². The molecular formula is C23H36O. The highest BCUT2D eigenvalue weighted by molar-refractivity contribution is 5.24. The summed E-state index contributed by atoms with van der Waals surface area (Å²) in [6, 6.07) is 0. The van der Waals surface area contributed by atoms with Crippen molar-refractivity contribution in [2.45, 2.75) is 90.6 Å². The quantitative estimate of drug-likeness (QED) is 0.563. The molecule has 0 bridgehead atoms. The van der Waals surface area contributed by atoms with Gasteiger partial charge >= 0.3 is 0 Å². The van der Waals surface area contributed by atoms with Crippen LogP contribution < -0.4 is 0 Å². The normalized spacial score (nSPS) is 58.0. The van der Waals surface area contributed by atoms with Crippen molar-refractivity contribution in [3.8, 4) is 0 Å². The highest BCUT2D eigenvalue weighted by Crippen LogP contribution is 2.71. The van der Waals surface area contributed by atoms with E-state index in [1.54, 1.807) is 0 Å². The molecule has 0 saturated heterocycles. The van der Waals surface area contributed by atoms with Crippen molar-refractivity contribution < 1.29 is 5.11 Å². The Bertz CT molecular complexity index is 550. The van der Waals surface area contributed by atoms with E-state index in [9.17, 15) is 5.11 Å². The third kappa shape index (κ3) is 1.91. The fourth-order valence-corrected chi connectivity index (χ4v) is 8.98. The number of hydrogen-bond donors (Lipinski definition) is 1. The Labute approximate surface area is 148 Å². The zero-order valence-corrected chi connectivity index (χ0v) is 15.8. The number of aliphatic hydroxyl groups excluding tert-OH is 1. The molecule has 0 heterocycles. The Morgan fingerprint density at radius 2 is 1.83 bits per heavy atom. The summed E-state index contributed by atoms with van der Waals surface area (Å²) in [4.78, 5) is 0. The Hall–Kier alpha value is -0.300. The number of allylic oxidation sites excluding steroid dienone is 2. The molecule has 5 aliphatic carbocycles. The van der Waals surface area contributed by atoms with E-state index in [0.29, 0.717) is 10.8 Å². The molecule has 0 aromatic heterocycles. The molecule has 5 saturated carbocycles. The van der Waals surface area contributed by atoms with Crippen LogP contribution in [0.15, 0.2) is 11.6 Å². The molecule has 8 atom stereocenters. The largest absolute Gasteiger partial charge is 0.393 e. The smallest absolute Gasteiger partial charge is 0.0543 e. The van der Waals surface area contributed by atoms with Gasteiger partial charge in [-0.1, -0.05) is 18.6 Å². The van der Waals surface area contributed by atoms with Crippen molar-refractivity contribution in [3.63, 3.8) is 0 Å². The van der Waals surface area contributed by atoms with Gasteiger partial charge in [0, 0.05) is 0 Å². The predicted molar refractivity (Wildman–Crippen MR) is 98.5 cm³/mol. The van der Waals surface area contributed by atoms with Crippen LogP contribution >= 0.6 is 0 Å². The van der Waals surface area contributed by atoms with Gasteiger partial charge in [-0.2, -0.15) is 0 Å². The summed E-state index contributed by atoms with van der Waals surface area (Å²) in [5, 5.41) is 10.2. The fraction of sp³-hybridized carbons (Fsp3) is 0.913. The average Bonchev–Trinajstić information content (AvgIpc) is 3.11. The van der Waals surface area contributed by atoms with E-state index in [2.05, 4.69) is 19.9 Å². The van der Waals surface area contributed by atoms with Crippen molar-refractivity contribution >= 4 is 0 Å². The molecule has 1 nitrogen and oxygen atoms in total. The number of hydrogen-bond acceptors (Lipinski definition) is 1. The van der Waals surface area contributed by atoms with Crippen LogP contribution in [0.4, 0.5) is 0 Å². The highest BCUT2D eigenvalue weighted by Gasteiger charge is 2.63. The second-order valence-corrected chi connectivity index (χ2v) is 10.4. The zero-order valence-electron chi connectivity index (χ0n) is 15.8. The van der Waals surface area contributed by atoms with E-state index in [1.807, 2.05) is 5.57 Å². The Morgan fingerprint density at radius 1 is 0.958 bits per heavy atom. The van der Waals surface area contributed by atoms with Crippen LogP contribution in [0.5, 0.6) is 0 Å². The molecule has 5 rings (SSSR count). The summed E-state index contributed by atoms with van der Waals surface area (Å²) < 4.78 is 0. The molecule has 3 unspecified atom stereocenters. The van der Waals surface area contributed by atoms with Crippen molar-refractivity contribution in [3.05, 3.63) is 11.6 Å². The van der Waals surface area contributed by atoms with Crippen LogP contribution in [0.25, 0.3) is 0 Å². The van der Waals surface area contributed by atoms with Gasteiger partial charge in [-0.25, -0.2) is 0 Å². The fourth-order valence-electron chi connectivity index (χ4n) is 8.98. The lowest BCUT2D eigenvalue weighted by atomic mass is 9.44. The first-order valence-corrected chi connectivity index (χ1v) is 10.9. The molecule has 0 aromatic carbocycles. The van der Waals surface area contributed by atoms with Crippen LogP contribution in [-0.2, 0) is 0 Å². The molecule has 134 valence electrons. The first-order valence-electron chi connectivity index (χ1n) is 10.9. The average molecular weight is 329 g/mol. The van der Waals surface area contributed by atoms with Gasteiger partial charge in [0.25, 0.3) is 0 Å². The summed E-state index contributed by atoms with van der Waals surface area (Å²) in [5.41, 5.74) is 3.07. The number of fused-ring (bicyclic) bond motifs is 4. The van der Waals surface area contributed by atoms with Gasteiger partial charge in [-0.15, -0.1) is 0 Å². The highest BCUT2D eigenvalue weighted by atomic mass is 16.3. The molecule has 1 N–H and O–H groups in total. The van der Waals surface area contributed by atoms with Gasteiger partial charge in [-0.05, 0) is 118 Å². The second kappa shape index (κ2) is 5.35. The van der Waals surface area contributed by atoms with Crippen molar-refractivity contribution in [1.82, 2.24) is 0 Å². The molecule has 0 aromatic rings. The van der Waals surface area contributed by atoms with Crippen LogP contribution in [0.3, 0.4) is 0 Å². The van der Waals surface area contributed by atoms with Gasteiger partial charge in [0.1, 0.15) is 0 Å². The topological polar surface area (TPSA) is 20.2 Å². The first-order chi connectivity index (χ1) is 11.6. The predicted octanol–water partition coefficient (Wildman–Crippen LogP) is 5.73. The molecule has 1 spiro atoms. The Balaban J connectivity index is 1.45. The van der Waals surface area contributed by atoms with E-state index in [4.69, 9.17) is 0 Å². The molecule has 5 fully saturated rings. The number of rotatable bonds is 0. The molecule has 0 amide bonds. The third-order valence-corrected chi connectivity index (χ3v) is 10.1. The van der Waals surface area contributed by atoms with E-state index in [-0.39, 0.29) is 6.10 Å². The molecule has 0 aliphatic heterocycles. The maximum Gasteiger partial charge on any atom is 0.0543 e. The van der Waals surface area contributed by atoms with E-state index < -0.39 is 0 Å². The van der Waals surface area contributed by atoms with Gasteiger partial charge in [0.05, 0.1) is 6.10 Å². The Morgan fingerprint density at radius 3 is 2.67 bits per heavy atom. The van der Waals surface area contributed by atoms with E-state index in [1.165, 1.54) is 57.8 Å². The number of aliphatic hydroxyl groups is 1. The maximum atomic E-state index is 10.2. The van der Waals surface area contributed by atoms with E-state index in [0.717, 1.165) is 42.4 Å². The lowest BCUT2D eigenvalue weighted by Gasteiger charge is -2.61. The van der Waals surface area contributed by atoms with Crippen LogP contribution in [0.1, 0.15) is 84.5 Å². The van der Waals surface area contributed by atoms with Gasteiger partial charge < -0.3 is 5.11 Å². The molecule has 1 heteroatoms. The van der Waals surface area contributed by atoms with Gasteiger partial charge in [-0.3, -0.25) is 0 Å². The minimum atomic E-state index is -0.00231. The summed E-state index contributed by atoms with van der Waals surface area (Å²) in [6.45, 7) is 4.91. The molecule has 0 radical (unpaired) electrons. The van der Waals surface area contributed by atoms with Crippen molar-refractivity contribution in [2.75, 3.05) is 0 Å². The summed E-state index contributed by atoms with van der Waals surface area (Å²) in [6.07, 6.45) is 17.7. The SMILES string of the molecule is C/C=C1\CC[C@]23CCC4C(CC[C@H]5C[C@H](O)CC[C@]45C)C2CC[C@H]13. The van der Waals surface area contributed by atoms with Gasteiger partial charge in [0.15, 0.2) is 0 Å². The second-order valence-electron chi connectivity index (χ2n) is 10.4. The minimum absolute atomic E-state index is 0.00231.